The molecule has 20 heavy (non-hydrogen) atoms. The van der Waals surface area contributed by atoms with Crippen LogP contribution in [0.15, 0.2) is 12.7 Å². The highest BCUT2D eigenvalue weighted by atomic mass is 15.4. The minimum Gasteiger partial charge on any atom is -0.340 e. The molecule has 2 atom stereocenters. The van der Waals surface area contributed by atoms with Gasteiger partial charge in [0.1, 0.15) is 12.7 Å². The van der Waals surface area contributed by atoms with E-state index in [1.807, 2.05) is 0 Å². The van der Waals surface area contributed by atoms with Crippen molar-refractivity contribution in [2.45, 2.75) is 13.8 Å². The molecule has 0 aliphatic carbocycles. The van der Waals surface area contributed by atoms with Crippen LogP contribution in [0.4, 0.5) is 11.9 Å². The van der Waals surface area contributed by atoms with E-state index in [0.29, 0.717) is 29.7 Å². The Kier molecular flexibility index (Phi) is 3.18. The lowest BCUT2D eigenvalue weighted by Gasteiger charge is -2.16. The summed E-state index contributed by atoms with van der Waals surface area (Å²) in [5.74, 6) is 7.96. The molecule has 3 N–H and O–H groups in total. The van der Waals surface area contributed by atoms with Crippen LogP contribution in [-0.4, -0.2) is 42.8 Å². The molecule has 0 bridgehead atoms. The molecule has 1 aliphatic heterocycles. The third-order valence-corrected chi connectivity index (χ3v) is 3.64. The molecule has 1 fully saturated rings. The first-order chi connectivity index (χ1) is 9.67. The van der Waals surface area contributed by atoms with Gasteiger partial charge in [-0.25, -0.2) is 10.8 Å². The zero-order valence-electron chi connectivity index (χ0n) is 11.4. The highest BCUT2D eigenvalue weighted by Crippen LogP contribution is 2.26. The number of hydrogen-bond acceptors (Lipinski definition) is 8. The van der Waals surface area contributed by atoms with Crippen molar-refractivity contribution in [3.8, 4) is 5.95 Å². The van der Waals surface area contributed by atoms with Gasteiger partial charge in [0, 0.05) is 13.1 Å². The standard InChI is InChI=1S/C11H17N9/c1-7-3-19(4-8(7)2)10-15-9(18-12)16-11(17-10)20-6-13-5-14-20/h5-8H,3-4,12H2,1-2H3,(H,15,16,17,18). The predicted molar refractivity (Wildman–Crippen MR) is 73.1 cm³/mol. The molecular weight excluding hydrogens is 258 g/mol. The number of nitrogens with zero attached hydrogens (tertiary/aromatic N) is 7. The number of nitrogens with two attached hydrogens (primary N) is 1. The van der Waals surface area contributed by atoms with Crippen molar-refractivity contribution >= 4 is 11.9 Å². The number of aromatic nitrogens is 6. The van der Waals surface area contributed by atoms with Crippen LogP contribution in [0.2, 0.25) is 0 Å². The Bertz CT molecular complexity index is 572. The van der Waals surface area contributed by atoms with E-state index >= 15 is 0 Å². The normalized spacial score (nSPS) is 22.2. The highest BCUT2D eigenvalue weighted by Gasteiger charge is 2.28. The fourth-order valence-electron chi connectivity index (χ4n) is 2.27. The molecule has 3 rings (SSSR count). The fourth-order valence-corrected chi connectivity index (χ4v) is 2.27. The zero-order chi connectivity index (χ0) is 14.1. The second kappa shape index (κ2) is 5.00. The number of anilines is 2. The van der Waals surface area contributed by atoms with Crippen LogP contribution < -0.4 is 16.2 Å². The highest BCUT2D eigenvalue weighted by molar-refractivity contribution is 5.40. The molecule has 9 heteroatoms. The molecule has 1 aliphatic rings. The van der Waals surface area contributed by atoms with Gasteiger partial charge in [-0.05, 0) is 11.8 Å². The van der Waals surface area contributed by atoms with Gasteiger partial charge < -0.3 is 4.90 Å². The largest absolute Gasteiger partial charge is 0.340 e. The smallest absolute Gasteiger partial charge is 0.258 e. The SMILES string of the molecule is CC1CN(c2nc(NN)nc(-n3cncn3)n2)CC1C. The van der Waals surface area contributed by atoms with Gasteiger partial charge in [0.05, 0.1) is 0 Å². The quantitative estimate of drug-likeness (QED) is 0.586. The first-order valence-corrected chi connectivity index (χ1v) is 6.50. The Balaban J connectivity index is 1.97. The third kappa shape index (κ3) is 2.27. The Morgan fingerprint density at radius 1 is 1.15 bits per heavy atom. The molecule has 0 radical (unpaired) electrons. The van der Waals surface area contributed by atoms with Crippen molar-refractivity contribution < 1.29 is 0 Å². The lowest BCUT2D eigenvalue weighted by atomic mass is 10.0. The zero-order valence-corrected chi connectivity index (χ0v) is 11.4. The lowest BCUT2D eigenvalue weighted by Crippen LogP contribution is -2.24. The average Bonchev–Trinajstić information content (AvgIpc) is 3.09. The summed E-state index contributed by atoms with van der Waals surface area (Å²) >= 11 is 0. The molecular formula is C11H17N9. The summed E-state index contributed by atoms with van der Waals surface area (Å²) in [6.07, 6.45) is 2.97. The van der Waals surface area contributed by atoms with E-state index in [0.717, 1.165) is 13.1 Å². The maximum Gasteiger partial charge on any atom is 0.258 e. The average molecular weight is 275 g/mol. The number of hydrogen-bond donors (Lipinski definition) is 2. The van der Waals surface area contributed by atoms with Crippen LogP contribution in [0.25, 0.3) is 5.95 Å². The first kappa shape index (κ1) is 12.7. The second-order valence-electron chi connectivity index (χ2n) is 5.10. The van der Waals surface area contributed by atoms with Gasteiger partial charge in [0.25, 0.3) is 5.95 Å². The second-order valence-corrected chi connectivity index (χ2v) is 5.10. The van der Waals surface area contributed by atoms with Crippen LogP contribution in [0.5, 0.6) is 0 Å². The number of hydrazine groups is 1. The molecule has 2 unspecified atom stereocenters. The summed E-state index contributed by atoms with van der Waals surface area (Å²) in [6, 6.07) is 0. The van der Waals surface area contributed by atoms with Crippen LogP contribution in [-0.2, 0) is 0 Å². The van der Waals surface area contributed by atoms with E-state index in [4.69, 9.17) is 5.84 Å². The van der Waals surface area contributed by atoms with Gasteiger partial charge in [-0.15, -0.1) is 0 Å². The van der Waals surface area contributed by atoms with E-state index in [1.165, 1.54) is 17.3 Å². The minimum absolute atomic E-state index is 0.313. The van der Waals surface area contributed by atoms with E-state index in [-0.39, 0.29) is 0 Å². The van der Waals surface area contributed by atoms with Crippen LogP contribution in [0, 0.1) is 11.8 Å². The molecule has 9 nitrogen and oxygen atoms in total. The third-order valence-electron chi connectivity index (χ3n) is 3.64. The van der Waals surface area contributed by atoms with Crippen molar-refractivity contribution in [2.24, 2.45) is 17.7 Å². The fraction of sp³-hybridized carbons (Fsp3) is 0.545. The van der Waals surface area contributed by atoms with E-state index < -0.39 is 0 Å². The van der Waals surface area contributed by atoms with Crippen LogP contribution in [0.1, 0.15) is 13.8 Å². The molecule has 2 aromatic heterocycles. The van der Waals surface area contributed by atoms with Crippen LogP contribution >= 0.6 is 0 Å². The van der Waals surface area contributed by atoms with Crippen LogP contribution in [0.3, 0.4) is 0 Å². The molecule has 2 aromatic rings. The summed E-state index contributed by atoms with van der Waals surface area (Å²) in [4.78, 5) is 19.0. The molecule has 0 amide bonds. The predicted octanol–water partition coefficient (Wildman–Crippen LogP) is -0.170. The minimum atomic E-state index is 0.313. The van der Waals surface area contributed by atoms with Gasteiger partial charge in [0.15, 0.2) is 0 Å². The van der Waals surface area contributed by atoms with E-state index in [9.17, 15) is 0 Å². The summed E-state index contributed by atoms with van der Waals surface area (Å²) < 4.78 is 1.48. The summed E-state index contributed by atoms with van der Waals surface area (Å²) in [5.41, 5.74) is 2.47. The summed E-state index contributed by atoms with van der Waals surface area (Å²) in [7, 11) is 0. The van der Waals surface area contributed by atoms with Crippen molar-refractivity contribution in [1.29, 1.82) is 0 Å². The van der Waals surface area contributed by atoms with Gasteiger partial charge in [0.2, 0.25) is 11.9 Å². The lowest BCUT2D eigenvalue weighted by molar-refractivity contribution is 0.494. The molecule has 1 saturated heterocycles. The molecule has 106 valence electrons. The Morgan fingerprint density at radius 2 is 1.85 bits per heavy atom. The Morgan fingerprint density at radius 3 is 2.45 bits per heavy atom. The maximum atomic E-state index is 5.43. The monoisotopic (exact) mass is 275 g/mol. The number of rotatable bonds is 3. The molecule has 0 aromatic carbocycles. The maximum absolute atomic E-state index is 5.43. The van der Waals surface area contributed by atoms with E-state index in [2.05, 4.69) is 49.2 Å². The van der Waals surface area contributed by atoms with Gasteiger partial charge in [-0.3, -0.25) is 5.43 Å². The molecule has 0 spiro atoms. The van der Waals surface area contributed by atoms with Gasteiger partial charge in [-0.2, -0.15) is 24.7 Å². The number of nitrogens with one attached hydrogen (secondary N) is 1. The Labute approximate surface area is 116 Å². The van der Waals surface area contributed by atoms with Crippen molar-refractivity contribution in [1.82, 2.24) is 29.7 Å². The molecule has 0 saturated carbocycles. The summed E-state index contributed by atoms with van der Waals surface area (Å²) in [6.45, 7) is 6.30. The van der Waals surface area contributed by atoms with Gasteiger partial charge in [-0.1, -0.05) is 13.8 Å². The Hall–Kier alpha value is -2.29. The van der Waals surface area contributed by atoms with Crippen molar-refractivity contribution in [2.75, 3.05) is 23.4 Å². The van der Waals surface area contributed by atoms with Crippen molar-refractivity contribution in [3.05, 3.63) is 12.7 Å². The summed E-state index contributed by atoms with van der Waals surface area (Å²) in [5, 5.41) is 4.03. The molecule has 3 heterocycles. The number of nitrogen functional groups attached to an aromatic ring is 1. The van der Waals surface area contributed by atoms with E-state index in [1.54, 1.807) is 0 Å². The topological polar surface area (TPSA) is 111 Å². The van der Waals surface area contributed by atoms with Crippen molar-refractivity contribution in [3.63, 3.8) is 0 Å². The van der Waals surface area contributed by atoms with Gasteiger partial charge >= 0.3 is 0 Å². The first-order valence-electron chi connectivity index (χ1n) is 6.50.